The Labute approximate surface area is 211 Å². The molecule has 6 rings (SSSR count). The fourth-order valence-electron chi connectivity index (χ4n) is 4.95. The van der Waals surface area contributed by atoms with Gasteiger partial charge in [0.25, 0.3) is 0 Å². The van der Waals surface area contributed by atoms with Crippen LogP contribution in [0.3, 0.4) is 0 Å². The molecule has 1 fully saturated rings. The molecule has 3 aromatic carbocycles. The van der Waals surface area contributed by atoms with Crippen molar-refractivity contribution >= 4 is 11.7 Å². The van der Waals surface area contributed by atoms with Crippen LogP contribution in [-0.2, 0) is 6.54 Å². The van der Waals surface area contributed by atoms with E-state index >= 15 is 0 Å². The van der Waals surface area contributed by atoms with Gasteiger partial charge in [-0.3, -0.25) is 4.90 Å². The monoisotopic (exact) mass is 500 g/mol. The van der Waals surface area contributed by atoms with Gasteiger partial charge in [-0.2, -0.15) is 4.57 Å². The minimum absolute atomic E-state index is 0.150. The lowest BCUT2D eigenvalue weighted by Crippen LogP contribution is -2.46. The van der Waals surface area contributed by atoms with E-state index in [0.717, 1.165) is 14.9 Å². The van der Waals surface area contributed by atoms with Crippen molar-refractivity contribution in [1.82, 2.24) is 14.2 Å². The van der Waals surface area contributed by atoms with E-state index in [0.29, 0.717) is 22.9 Å². The number of fused-ring (bicyclic) bond motifs is 1. The van der Waals surface area contributed by atoms with Gasteiger partial charge in [0, 0.05) is 12.2 Å². The second-order valence-electron chi connectivity index (χ2n) is 9.43. The number of aromatic nitrogens is 2. The summed E-state index contributed by atoms with van der Waals surface area (Å²) in [6, 6.07) is 22.7. The smallest absolute Gasteiger partial charge is 0.447 e. The maximum atomic E-state index is 14.0. The number of urea groups is 1. The van der Waals surface area contributed by atoms with Crippen LogP contribution < -0.4 is 25.8 Å². The highest BCUT2D eigenvalue weighted by molar-refractivity contribution is 5.95. The number of rotatable bonds is 5. The van der Waals surface area contributed by atoms with Gasteiger partial charge in [-0.05, 0) is 55.8 Å². The summed E-state index contributed by atoms with van der Waals surface area (Å²) >= 11 is 0. The van der Waals surface area contributed by atoms with Crippen LogP contribution in [-0.4, -0.2) is 32.6 Å². The Morgan fingerprint density at radius 1 is 0.838 bits per heavy atom. The van der Waals surface area contributed by atoms with E-state index in [4.69, 9.17) is 14.0 Å². The normalized spacial score (nSPS) is 18.0. The number of carbonyl (C=O) groups is 1. The second kappa shape index (κ2) is 8.44. The molecule has 10 heteroatoms. The van der Waals surface area contributed by atoms with Crippen molar-refractivity contribution in [1.29, 1.82) is 0 Å². The lowest BCUT2D eigenvalue weighted by molar-refractivity contribution is 0.0930. The summed E-state index contributed by atoms with van der Waals surface area (Å²) in [6.07, 6.45) is -0.943. The van der Waals surface area contributed by atoms with E-state index in [1.54, 1.807) is 65.6 Å². The average molecular weight is 501 g/mol. The van der Waals surface area contributed by atoms with Gasteiger partial charge < -0.3 is 18.9 Å². The number of para-hydroxylation sites is 2. The molecule has 4 aromatic rings. The molecule has 1 aromatic heterocycles. The number of amides is 2. The summed E-state index contributed by atoms with van der Waals surface area (Å²) < 4.78 is 18.4. The van der Waals surface area contributed by atoms with Gasteiger partial charge in [-0.25, -0.2) is 14.4 Å². The van der Waals surface area contributed by atoms with Gasteiger partial charge in [0.05, 0.1) is 11.2 Å². The molecule has 0 bridgehead atoms. The van der Waals surface area contributed by atoms with Crippen molar-refractivity contribution in [3.05, 3.63) is 105 Å². The molecule has 0 aliphatic carbocycles. The molecule has 0 radical (unpaired) electrons. The first kappa shape index (κ1) is 22.7. The van der Waals surface area contributed by atoms with E-state index in [2.05, 4.69) is 0 Å². The summed E-state index contributed by atoms with van der Waals surface area (Å²) in [5.41, 5.74) is 0.140. The third-order valence-corrected chi connectivity index (χ3v) is 6.80. The van der Waals surface area contributed by atoms with Crippen molar-refractivity contribution < 1.29 is 18.8 Å². The number of ether oxygens (including phenoxy) is 2. The summed E-state index contributed by atoms with van der Waals surface area (Å²) in [4.78, 5) is 43.6. The summed E-state index contributed by atoms with van der Waals surface area (Å²) in [5.74, 6) is 0.428. The SMILES string of the molecule is CC1(C)[C@@H](n2oc(=O)n(-c3ccccc3)c2=O)N(c2ccccc2)C(=O)N1Cc1ccc2c(c1)OCO2. The molecular formula is C27H24N4O6. The van der Waals surface area contributed by atoms with E-state index in [1.807, 2.05) is 32.0 Å². The molecule has 188 valence electrons. The lowest BCUT2D eigenvalue weighted by atomic mass is 9.99. The third-order valence-electron chi connectivity index (χ3n) is 6.80. The zero-order valence-electron chi connectivity index (χ0n) is 20.2. The van der Waals surface area contributed by atoms with Crippen molar-refractivity contribution in [3.8, 4) is 17.2 Å². The van der Waals surface area contributed by atoms with E-state index in [9.17, 15) is 14.4 Å². The Bertz CT molecular complexity index is 1590. The van der Waals surface area contributed by atoms with Gasteiger partial charge in [0.2, 0.25) is 6.79 Å². The van der Waals surface area contributed by atoms with Gasteiger partial charge in [-0.15, -0.1) is 4.74 Å². The summed E-state index contributed by atoms with van der Waals surface area (Å²) in [6.45, 7) is 4.08. The average Bonchev–Trinajstić information content (AvgIpc) is 3.53. The quantitative estimate of drug-likeness (QED) is 0.414. The largest absolute Gasteiger partial charge is 0.454 e. The Hall–Kier alpha value is -4.73. The molecule has 10 nitrogen and oxygen atoms in total. The molecule has 0 N–H and O–H groups in total. The van der Waals surface area contributed by atoms with E-state index in [1.165, 1.54) is 4.90 Å². The zero-order chi connectivity index (χ0) is 25.7. The molecule has 1 atom stereocenters. The van der Waals surface area contributed by atoms with Crippen LogP contribution in [0.25, 0.3) is 5.69 Å². The van der Waals surface area contributed by atoms with Crippen LogP contribution in [0.2, 0.25) is 0 Å². The Morgan fingerprint density at radius 3 is 2.19 bits per heavy atom. The number of anilines is 1. The number of hydrogen-bond donors (Lipinski definition) is 0. The van der Waals surface area contributed by atoms with Gasteiger partial charge in [0.1, 0.15) is 0 Å². The highest BCUT2D eigenvalue weighted by Crippen LogP contribution is 2.43. The fourth-order valence-corrected chi connectivity index (χ4v) is 4.95. The van der Waals surface area contributed by atoms with Gasteiger partial charge in [0.15, 0.2) is 17.7 Å². The van der Waals surface area contributed by atoms with Gasteiger partial charge in [-0.1, -0.05) is 42.5 Å². The number of carbonyl (C=O) groups excluding carboxylic acids is 1. The Kier molecular flexibility index (Phi) is 5.18. The molecule has 2 aliphatic rings. The molecule has 3 heterocycles. The first-order chi connectivity index (χ1) is 17.9. The van der Waals surface area contributed by atoms with Crippen molar-refractivity contribution in [2.45, 2.75) is 32.1 Å². The van der Waals surface area contributed by atoms with Gasteiger partial charge >= 0.3 is 17.5 Å². The van der Waals surface area contributed by atoms with Crippen LogP contribution in [0.4, 0.5) is 10.5 Å². The van der Waals surface area contributed by atoms with Crippen molar-refractivity contribution in [3.63, 3.8) is 0 Å². The predicted molar refractivity (Wildman–Crippen MR) is 134 cm³/mol. The Balaban J connectivity index is 1.47. The molecule has 0 spiro atoms. The molecule has 1 saturated heterocycles. The minimum atomic E-state index is -0.966. The standard InChI is InChI=1S/C27H24N4O6/c1-27(2)23(31-25(33)30(26(34)37-31)20-11-7-4-8-12-20)29(19-9-5-3-6-10-19)24(32)28(27)16-18-13-14-21-22(15-18)36-17-35-21/h3-15,23H,16-17H2,1-2H3/t23-/m1/s1. The first-order valence-corrected chi connectivity index (χ1v) is 11.8. The molecule has 2 amide bonds. The molecule has 0 unspecified atom stereocenters. The maximum Gasteiger partial charge on any atom is 0.447 e. The fraction of sp³-hybridized carbons (Fsp3) is 0.222. The second-order valence-corrected chi connectivity index (χ2v) is 9.43. The molecule has 2 aliphatic heterocycles. The highest BCUT2D eigenvalue weighted by Gasteiger charge is 2.55. The number of nitrogens with zero attached hydrogens (tertiary/aromatic N) is 4. The van der Waals surface area contributed by atoms with E-state index in [-0.39, 0.29) is 19.4 Å². The van der Waals surface area contributed by atoms with E-state index < -0.39 is 23.2 Å². The summed E-state index contributed by atoms with van der Waals surface area (Å²) in [5, 5.41) is 0. The summed E-state index contributed by atoms with van der Waals surface area (Å²) in [7, 11) is 0. The van der Waals surface area contributed by atoms with Crippen LogP contribution in [0, 0.1) is 0 Å². The number of hydrogen-bond acceptors (Lipinski definition) is 6. The zero-order valence-corrected chi connectivity index (χ0v) is 20.2. The van der Waals surface area contributed by atoms with Crippen molar-refractivity contribution in [2.24, 2.45) is 0 Å². The molecule has 0 saturated carbocycles. The van der Waals surface area contributed by atoms with Crippen molar-refractivity contribution in [2.75, 3.05) is 11.7 Å². The van der Waals surface area contributed by atoms with Crippen LogP contribution in [0.5, 0.6) is 11.5 Å². The molecule has 37 heavy (non-hydrogen) atoms. The number of benzene rings is 3. The lowest BCUT2D eigenvalue weighted by Gasteiger charge is -2.34. The van der Waals surface area contributed by atoms with Crippen LogP contribution in [0.1, 0.15) is 25.6 Å². The third kappa shape index (κ3) is 3.60. The topological polar surface area (TPSA) is 99.2 Å². The molecular weight excluding hydrogens is 476 g/mol. The maximum absolute atomic E-state index is 14.0. The minimum Gasteiger partial charge on any atom is -0.454 e. The van der Waals surface area contributed by atoms with Crippen LogP contribution in [0.15, 0.2) is 93.0 Å². The highest BCUT2D eigenvalue weighted by atomic mass is 16.7. The predicted octanol–water partition coefficient (Wildman–Crippen LogP) is 3.74. The first-order valence-electron chi connectivity index (χ1n) is 11.8. The Morgan fingerprint density at radius 2 is 1.49 bits per heavy atom. The van der Waals surface area contributed by atoms with Crippen LogP contribution >= 0.6 is 0 Å².